The van der Waals surface area contributed by atoms with Crippen molar-refractivity contribution in [2.24, 2.45) is 5.92 Å². The molecule has 0 heterocycles. The molecule has 4 heteroatoms. The lowest BCUT2D eigenvalue weighted by Crippen LogP contribution is -2.23. The molecule has 0 saturated heterocycles. The van der Waals surface area contributed by atoms with Crippen LogP contribution in [0.5, 0.6) is 0 Å². The Morgan fingerprint density at radius 2 is 1.36 bits per heavy atom. The molecule has 1 atom stereocenters. The molecule has 0 aliphatic carbocycles. The molecule has 1 unspecified atom stereocenters. The molecule has 0 amide bonds. The van der Waals surface area contributed by atoms with Crippen molar-refractivity contribution < 1.29 is 19.1 Å². The maximum absolute atomic E-state index is 12.2. The zero-order valence-electron chi connectivity index (χ0n) is 19.8. The molecule has 0 aromatic heterocycles. The molecule has 0 aliphatic rings. The standard InChI is InChI=1S/C29H32O4/c1-21(19-27(30)32-20-23-8-6-5-7-9-23)18-22-10-12-24(13-11-22)25-14-16-26(17-15-25)28(31)33-29(2,3)4/h5-17,21H,18-20H2,1-4H3. The summed E-state index contributed by atoms with van der Waals surface area (Å²) in [6.45, 7) is 7.95. The van der Waals surface area contributed by atoms with Crippen LogP contribution >= 0.6 is 0 Å². The summed E-state index contributed by atoms with van der Waals surface area (Å²) in [6, 6.07) is 25.5. The Bertz CT molecular complexity index is 1050. The van der Waals surface area contributed by atoms with Crippen molar-refractivity contribution in [3.63, 3.8) is 0 Å². The van der Waals surface area contributed by atoms with Crippen LogP contribution in [0, 0.1) is 5.92 Å². The van der Waals surface area contributed by atoms with Crippen LogP contribution in [0.4, 0.5) is 0 Å². The van der Waals surface area contributed by atoms with Gasteiger partial charge >= 0.3 is 11.9 Å². The Morgan fingerprint density at radius 3 is 1.94 bits per heavy atom. The minimum absolute atomic E-state index is 0.173. The Morgan fingerprint density at radius 1 is 0.788 bits per heavy atom. The van der Waals surface area contributed by atoms with E-state index in [-0.39, 0.29) is 17.9 Å². The first-order valence-corrected chi connectivity index (χ1v) is 11.3. The molecule has 3 rings (SSSR count). The number of carbonyl (C=O) groups is 2. The van der Waals surface area contributed by atoms with Crippen LogP contribution in [-0.2, 0) is 27.3 Å². The van der Waals surface area contributed by atoms with Gasteiger partial charge in [0.25, 0.3) is 0 Å². The van der Waals surface area contributed by atoms with Crippen LogP contribution in [-0.4, -0.2) is 17.5 Å². The van der Waals surface area contributed by atoms with Gasteiger partial charge < -0.3 is 9.47 Å². The van der Waals surface area contributed by atoms with Crippen LogP contribution in [0.3, 0.4) is 0 Å². The van der Waals surface area contributed by atoms with Crippen molar-refractivity contribution in [2.45, 2.75) is 52.7 Å². The molecule has 0 aliphatic heterocycles. The fourth-order valence-electron chi connectivity index (χ4n) is 3.53. The highest BCUT2D eigenvalue weighted by Gasteiger charge is 2.17. The lowest BCUT2D eigenvalue weighted by Gasteiger charge is -2.19. The lowest BCUT2D eigenvalue weighted by atomic mass is 9.96. The molecule has 3 aromatic rings. The molecule has 0 radical (unpaired) electrons. The molecule has 3 aromatic carbocycles. The molecule has 4 nitrogen and oxygen atoms in total. The highest BCUT2D eigenvalue weighted by atomic mass is 16.6. The van der Waals surface area contributed by atoms with Gasteiger partial charge in [-0.25, -0.2) is 4.79 Å². The second-order valence-corrected chi connectivity index (χ2v) is 9.44. The van der Waals surface area contributed by atoms with E-state index < -0.39 is 5.60 Å². The van der Waals surface area contributed by atoms with E-state index in [1.807, 2.05) is 63.2 Å². The normalized spacial score (nSPS) is 12.1. The van der Waals surface area contributed by atoms with E-state index in [1.165, 1.54) is 5.56 Å². The molecule has 0 bridgehead atoms. The number of hydrogen-bond acceptors (Lipinski definition) is 4. The van der Waals surface area contributed by atoms with E-state index >= 15 is 0 Å². The van der Waals surface area contributed by atoms with Gasteiger partial charge in [0, 0.05) is 6.42 Å². The summed E-state index contributed by atoms with van der Waals surface area (Å²) < 4.78 is 10.8. The summed E-state index contributed by atoms with van der Waals surface area (Å²) >= 11 is 0. The Labute approximate surface area is 196 Å². The molecule has 33 heavy (non-hydrogen) atoms. The summed E-state index contributed by atoms with van der Waals surface area (Å²) in [5, 5.41) is 0. The van der Waals surface area contributed by atoms with Crippen LogP contribution in [0.15, 0.2) is 78.9 Å². The summed E-state index contributed by atoms with van der Waals surface area (Å²) in [6.07, 6.45) is 1.19. The van der Waals surface area contributed by atoms with Gasteiger partial charge in [-0.3, -0.25) is 4.79 Å². The fraction of sp³-hybridized carbons (Fsp3) is 0.310. The molecular weight excluding hydrogens is 412 g/mol. The van der Waals surface area contributed by atoms with Gasteiger partial charge in [0.2, 0.25) is 0 Å². The molecule has 0 saturated carbocycles. The van der Waals surface area contributed by atoms with Gasteiger partial charge in [0.15, 0.2) is 0 Å². The zero-order chi connectivity index (χ0) is 23.8. The predicted molar refractivity (Wildman–Crippen MR) is 131 cm³/mol. The minimum atomic E-state index is -0.513. The van der Waals surface area contributed by atoms with Crippen LogP contribution in [0.1, 0.15) is 55.6 Å². The smallest absolute Gasteiger partial charge is 0.338 e. The molecule has 0 spiro atoms. The molecule has 0 fully saturated rings. The van der Waals surface area contributed by atoms with Gasteiger partial charge in [-0.2, -0.15) is 0 Å². The quantitative estimate of drug-likeness (QED) is 0.366. The number of ether oxygens (including phenoxy) is 2. The van der Waals surface area contributed by atoms with Crippen LogP contribution in [0.2, 0.25) is 0 Å². The first-order chi connectivity index (χ1) is 15.7. The SMILES string of the molecule is CC(CC(=O)OCc1ccccc1)Cc1ccc(-c2ccc(C(=O)OC(C)(C)C)cc2)cc1. The van der Waals surface area contributed by atoms with E-state index in [9.17, 15) is 9.59 Å². The Balaban J connectivity index is 1.51. The summed E-state index contributed by atoms with van der Waals surface area (Å²) in [5.74, 6) is -0.305. The third-order valence-electron chi connectivity index (χ3n) is 5.15. The van der Waals surface area contributed by atoms with Crippen molar-refractivity contribution in [1.82, 2.24) is 0 Å². The average molecular weight is 445 g/mol. The largest absolute Gasteiger partial charge is 0.461 e. The maximum Gasteiger partial charge on any atom is 0.338 e. The predicted octanol–water partition coefficient (Wildman–Crippen LogP) is 6.62. The minimum Gasteiger partial charge on any atom is -0.461 e. The summed E-state index contributed by atoms with van der Waals surface area (Å²) in [4.78, 5) is 24.3. The number of hydrogen-bond donors (Lipinski definition) is 0. The number of rotatable bonds is 8. The highest BCUT2D eigenvalue weighted by Crippen LogP contribution is 2.23. The maximum atomic E-state index is 12.2. The van der Waals surface area contributed by atoms with Crippen molar-refractivity contribution in [3.05, 3.63) is 95.6 Å². The van der Waals surface area contributed by atoms with Crippen LogP contribution < -0.4 is 0 Å². The third-order valence-corrected chi connectivity index (χ3v) is 5.15. The number of esters is 2. The van der Waals surface area contributed by atoms with Crippen molar-refractivity contribution in [1.29, 1.82) is 0 Å². The molecule has 0 N–H and O–H groups in total. The van der Waals surface area contributed by atoms with E-state index in [0.29, 0.717) is 18.6 Å². The highest BCUT2D eigenvalue weighted by molar-refractivity contribution is 5.90. The van der Waals surface area contributed by atoms with Gasteiger partial charge in [-0.15, -0.1) is 0 Å². The second kappa shape index (κ2) is 11.0. The number of benzene rings is 3. The summed E-state index contributed by atoms with van der Waals surface area (Å²) in [5.41, 5.74) is 4.30. The molecular formula is C29H32O4. The van der Waals surface area contributed by atoms with Crippen LogP contribution in [0.25, 0.3) is 11.1 Å². The second-order valence-electron chi connectivity index (χ2n) is 9.44. The first kappa shape index (κ1) is 24.2. The van der Waals surface area contributed by atoms with Crippen molar-refractivity contribution >= 4 is 11.9 Å². The third kappa shape index (κ3) is 7.90. The molecule has 172 valence electrons. The van der Waals surface area contributed by atoms with E-state index in [2.05, 4.69) is 31.2 Å². The fourth-order valence-corrected chi connectivity index (χ4v) is 3.53. The number of carbonyl (C=O) groups excluding carboxylic acids is 2. The zero-order valence-corrected chi connectivity index (χ0v) is 19.8. The van der Waals surface area contributed by atoms with E-state index in [1.54, 1.807) is 12.1 Å². The Hall–Kier alpha value is -3.40. The average Bonchev–Trinajstić information content (AvgIpc) is 2.78. The lowest BCUT2D eigenvalue weighted by molar-refractivity contribution is -0.145. The summed E-state index contributed by atoms with van der Waals surface area (Å²) in [7, 11) is 0. The van der Waals surface area contributed by atoms with Gasteiger partial charge in [0.05, 0.1) is 5.56 Å². The monoisotopic (exact) mass is 444 g/mol. The van der Waals surface area contributed by atoms with Crippen molar-refractivity contribution in [3.8, 4) is 11.1 Å². The van der Waals surface area contributed by atoms with E-state index in [0.717, 1.165) is 23.1 Å². The van der Waals surface area contributed by atoms with Gasteiger partial charge in [-0.1, -0.05) is 73.7 Å². The van der Waals surface area contributed by atoms with Gasteiger partial charge in [-0.05, 0) is 67.5 Å². The Kier molecular flexibility index (Phi) is 8.05. The first-order valence-electron chi connectivity index (χ1n) is 11.3. The van der Waals surface area contributed by atoms with Crippen molar-refractivity contribution in [2.75, 3.05) is 0 Å². The van der Waals surface area contributed by atoms with E-state index in [4.69, 9.17) is 9.47 Å². The van der Waals surface area contributed by atoms with Gasteiger partial charge in [0.1, 0.15) is 12.2 Å². The topological polar surface area (TPSA) is 52.6 Å².